The number of benzene rings is 2. The molecule has 7 heteroatoms. The van der Waals surface area contributed by atoms with Gasteiger partial charge in [-0.2, -0.15) is 0 Å². The minimum atomic E-state index is -0.518. The van der Waals surface area contributed by atoms with Gasteiger partial charge in [0.2, 0.25) is 11.8 Å². The maximum absolute atomic E-state index is 13.6. The molecule has 0 spiro atoms. The van der Waals surface area contributed by atoms with E-state index in [-0.39, 0.29) is 23.5 Å². The fraction of sp³-hybridized carbons (Fsp3) is 0.333. The third kappa shape index (κ3) is 4.86. The summed E-state index contributed by atoms with van der Waals surface area (Å²) in [5, 5.41) is 2.88. The van der Waals surface area contributed by atoms with Gasteiger partial charge in [-0.05, 0) is 56.2 Å². The van der Waals surface area contributed by atoms with Gasteiger partial charge in [-0.25, -0.2) is 4.39 Å². The van der Waals surface area contributed by atoms with Gasteiger partial charge < -0.3 is 20.7 Å². The molecule has 0 radical (unpaired) electrons. The van der Waals surface area contributed by atoms with Gasteiger partial charge in [0.15, 0.2) is 11.6 Å². The van der Waals surface area contributed by atoms with Crippen LogP contribution in [0, 0.1) is 11.7 Å². The van der Waals surface area contributed by atoms with Crippen LogP contribution in [0.3, 0.4) is 0 Å². The Kier molecular flexibility index (Phi) is 6.26. The average Bonchev–Trinajstić information content (AvgIpc) is 2.70. The quantitative estimate of drug-likeness (QED) is 0.828. The largest absolute Gasteiger partial charge is 0.454 e. The van der Waals surface area contributed by atoms with Gasteiger partial charge >= 0.3 is 0 Å². The molecular weight excluding hydrogens is 361 g/mol. The number of hydrogen-bond acceptors (Lipinski definition) is 4. The van der Waals surface area contributed by atoms with E-state index in [4.69, 9.17) is 10.5 Å². The summed E-state index contributed by atoms with van der Waals surface area (Å²) in [6.45, 7) is 2.74. The Morgan fingerprint density at radius 2 is 1.79 bits per heavy atom. The van der Waals surface area contributed by atoms with E-state index in [0.29, 0.717) is 37.4 Å². The van der Waals surface area contributed by atoms with Crippen molar-refractivity contribution >= 4 is 17.5 Å². The van der Waals surface area contributed by atoms with Gasteiger partial charge in [0.05, 0.1) is 6.04 Å². The lowest BCUT2D eigenvalue weighted by molar-refractivity contribution is -0.135. The molecule has 148 valence electrons. The number of carbonyl (C=O) groups is 2. The van der Waals surface area contributed by atoms with E-state index in [9.17, 15) is 14.0 Å². The van der Waals surface area contributed by atoms with E-state index in [0.717, 1.165) is 0 Å². The number of rotatable bonds is 5. The maximum atomic E-state index is 13.6. The molecule has 3 rings (SSSR count). The summed E-state index contributed by atoms with van der Waals surface area (Å²) >= 11 is 0. The number of anilines is 1. The maximum Gasteiger partial charge on any atom is 0.239 e. The SMILES string of the molecule is C[C@H](N)C(=O)N1CCC(C(=O)Nc2ccc(Oc3ccccc3F)cc2)CC1. The third-order valence-electron chi connectivity index (χ3n) is 4.75. The number of halogens is 1. The van der Waals surface area contributed by atoms with E-state index in [1.807, 2.05) is 0 Å². The zero-order valence-corrected chi connectivity index (χ0v) is 15.7. The zero-order valence-electron chi connectivity index (χ0n) is 15.7. The molecule has 1 saturated heterocycles. The summed E-state index contributed by atoms with van der Waals surface area (Å²) < 4.78 is 19.1. The summed E-state index contributed by atoms with van der Waals surface area (Å²) in [6.07, 6.45) is 1.22. The van der Waals surface area contributed by atoms with E-state index >= 15 is 0 Å². The number of nitrogens with zero attached hydrogens (tertiary/aromatic N) is 1. The van der Waals surface area contributed by atoms with Gasteiger partial charge in [-0.1, -0.05) is 12.1 Å². The van der Waals surface area contributed by atoms with Crippen LogP contribution in [0.15, 0.2) is 48.5 Å². The lowest BCUT2D eigenvalue weighted by Crippen LogP contribution is -2.47. The second kappa shape index (κ2) is 8.84. The van der Waals surface area contributed by atoms with Crippen LogP contribution in [0.1, 0.15) is 19.8 Å². The smallest absolute Gasteiger partial charge is 0.239 e. The molecule has 0 aromatic heterocycles. The molecule has 1 fully saturated rings. The van der Waals surface area contributed by atoms with Gasteiger partial charge in [0.1, 0.15) is 5.75 Å². The van der Waals surface area contributed by atoms with Crippen molar-refractivity contribution in [2.45, 2.75) is 25.8 Å². The van der Waals surface area contributed by atoms with Crippen LogP contribution in [0.2, 0.25) is 0 Å². The molecule has 0 saturated carbocycles. The molecule has 1 atom stereocenters. The fourth-order valence-corrected chi connectivity index (χ4v) is 3.16. The second-order valence-corrected chi connectivity index (χ2v) is 6.93. The molecule has 0 unspecified atom stereocenters. The van der Waals surface area contributed by atoms with E-state index in [1.54, 1.807) is 54.3 Å². The van der Waals surface area contributed by atoms with Crippen LogP contribution < -0.4 is 15.8 Å². The number of amides is 2. The van der Waals surface area contributed by atoms with E-state index < -0.39 is 11.9 Å². The van der Waals surface area contributed by atoms with Crippen molar-refractivity contribution in [3.63, 3.8) is 0 Å². The minimum absolute atomic E-state index is 0.0735. The summed E-state index contributed by atoms with van der Waals surface area (Å²) in [5.74, 6) is -0.113. The number of nitrogens with one attached hydrogen (secondary N) is 1. The summed E-state index contributed by atoms with van der Waals surface area (Å²) in [6, 6.07) is 12.4. The molecule has 2 aromatic rings. The highest BCUT2D eigenvalue weighted by Crippen LogP contribution is 2.26. The van der Waals surface area contributed by atoms with Gasteiger partial charge in [-0.15, -0.1) is 0 Å². The van der Waals surface area contributed by atoms with Crippen molar-refractivity contribution in [2.75, 3.05) is 18.4 Å². The first-order valence-corrected chi connectivity index (χ1v) is 9.31. The normalized spacial score (nSPS) is 15.8. The van der Waals surface area contributed by atoms with Crippen LogP contribution >= 0.6 is 0 Å². The number of likely N-dealkylation sites (tertiary alicyclic amines) is 1. The number of piperidine rings is 1. The summed E-state index contributed by atoms with van der Waals surface area (Å²) in [4.78, 5) is 26.1. The van der Waals surface area contributed by atoms with Crippen LogP contribution in [0.5, 0.6) is 11.5 Å². The second-order valence-electron chi connectivity index (χ2n) is 6.93. The predicted octanol–water partition coefficient (Wildman–Crippen LogP) is 3.14. The lowest BCUT2D eigenvalue weighted by atomic mass is 9.95. The first-order chi connectivity index (χ1) is 13.4. The van der Waals surface area contributed by atoms with Crippen LogP contribution in [-0.4, -0.2) is 35.8 Å². The molecule has 1 aliphatic rings. The topological polar surface area (TPSA) is 84.7 Å². The lowest BCUT2D eigenvalue weighted by Gasteiger charge is -2.32. The van der Waals surface area contributed by atoms with Gasteiger partial charge in [-0.3, -0.25) is 9.59 Å². The minimum Gasteiger partial charge on any atom is -0.454 e. The van der Waals surface area contributed by atoms with Crippen molar-refractivity contribution in [3.05, 3.63) is 54.3 Å². The molecule has 0 aliphatic carbocycles. The highest BCUT2D eigenvalue weighted by molar-refractivity contribution is 5.92. The third-order valence-corrected chi connectivity index (χ3v) is 4.75. The molecule has 1 heterocycles. The van der Waals surface area contributed by atoms with Crippen LogP contribution in [-0.2, 0) is 9.59 Å². The van der Waals surface area contributed by atoms with Crippen molar-refractivity contribution in [1.82, 2.24) is 4.90 Å². The highest BCUT2D eigenvalue weighted by Gasteiger charge is 2.28. The Labute approximate surface area is 163 Å². The van der Waals surface area contributed by atoms with Gasteiger partial charge in [0.25, 0.3) is 0 Å². The van der Waals surface area contributed by atoms with Crippen molar-refractivity contribution in [3.8, 4) is 11.5 Å². The Balaban J connectivity index is 1.52. The Morgan fingerprint density at radius 3 is 2.39 bits per heavy atom. The Bertz CT molecular complexity index is 831. The summed E-state index contributed by atoms with van der Waals surface area (Å²) in [5.41, 5.74) is 6.27. The molecular formula is C21H24FN3O3. The molecule has 1 aliphatic heterocycles. The molecule has 2 aromatic carbocycles. The molecule has 6 nitrogen and oxygen atoms in total. The number of para-hydroxylation sites is 1. The average molecular weight is 385 g/mol. The Hall–Kier alpha value is -2.93. The molecule has 2 amide bonds. The number of ether oxygens (including phenoxy) is 1. The summed E-state index contributed by atoms with van der Waals surface area (Å²) in [7, 11) is 0. The van der Waals surface area contributed by atoms with Crippen molar-refractivity contribution in [1.29, 1.82) is 0 Å². The fourth-order valence-electron chi connectivity index (χ4n) is 3.16. The molecule has 0 bridgehead atoms. The van der Waals surface area contributed by atoms with E-state index in [1.165, 1.54) is 6.07 Å². The highest BCUT2D eigenvalue weighted by atomic mass is 19.1. The number of carbonyl (C=O) groups excluding carboxylic acids is 2. The first-order valence-electron chi connectivity index (χ1n) is 9.31. The van der Waals surface area contributed by atoms with E-state index in [2.05, 4.69) is 5.32 Å². The molecule has 28 heavy (non-hydrogen) atoms. The number of nitrogens with two attached hydrogens (primary N) is 1. The standard InChI is InChI=1S/C21H24FN3O3/c1-14(23)21(27)25-12-10-15(11-13-25)20(26)24-16-6-8-17(9-7-16)28-19-5-3-2-4-18(19)22/h2-9,14-15H,10-13,23H2,1H3,(H,24,26)/t14-/m0/s1. The Morgan fingerprint density at radius 1 is 1.14 bits per heavy atom. The number of hydrogen-bond donors (Lipinski definition) is 2. The monoisotopic (exact) mass is 385 g/mol. The van der Waals surface area contributed by atoms with Crippen molar-refractivity contribution < 1.29 is 18.7 Å². The van der Waals surface area contributed by atoms with Gasteiger partial charge in [0, 0.05) is 24.7 Å². The first kappa shape index (κ1) is 19.8. The molecule has 3 N–H and O–H groups in total. The predicted molar refractivity (Wildman–Crippen MR) is 104 cm³/mol. The van der Waals surface area contributed by atoms with Crippen LogP contribution in [0.4, 0.5) is 10.1 Å². The zero-order chi connectivity index (χ0) is 20.1. The van der Waals surface area contributed by atoms with Crippen LogP contribution in [0.25, 0.3) is 0 Å². The van der Waals surface area contributed by atoms with Crippen molar-refractivity contribution in [2.24, 2.45) is 11.7 Å².